The van der Waals surface area contributed by atoms with E-state index in [0.717, 1.165) is 0 Å². The molecule has 0 radical (unpaired) electrons. The Labute approximate surface area is 85.8 Å². The average molecular weight is 239 g/mol. The van der Waals surface area contributed by atoms with E-state index in [0.29, 0.717) is 0 Å². The second-order valence-corrected chi connectivity index (χ2v) is 2.63. The summed E-state index contributed by atoms with van der Waals surface area (Å²) in [7, 11) is -0.333. The highest BCUT2D eigenvalue weighted by molar-refractivity contribution is 7.20. The average Bonchev–Trinajstić information content (AvgIpc) is 2.46. The molecular weight excluding hydrogens is 229 g/mol. The molecule has 9 heteroatoms. The lowest BCUT2D eigenvalue weighted by molar-refractivity contribution is -0.147. The lowest BCUT2D eigenvalue weighted by Crippen LogP contribution is -2.31. The third-order valence-corrected chi connectivity index (χ3v) is 1.48. The minimum absolute atomic E-state index is 0.333. The molecule has 86 valence electrons. The van der Waals surface area contributed by atoms with Crippen molar-refractivity contribution in [3.8, 4) is 0 Å². The van der Waals surface area contributed by atoms with Gasteiger partial charge in [-0.2, -0.15) is 0 Å². The van der Waals surface area contributed by atoms with E-state index in [4.69, 9.17) is 25.0 Å². The second-order valence-electron chi connectivity index (χ2n) is 2.42. The summed E-state index contributed by atoms with van der Waals surface area (Å²) in [6, 6.07) is 0. The zero-order valence-corrected chi connectivity index (χ0v) is 8.29. The van der Waals surface area contributed by atoms with E-state index in [-0.39, 0.29) is 8.61 Å². The summed E-state index contributed by atoms with van der Waals surface area (Å²) in [5, 5.41) is 35.0. The lowest BCUT2D eigenvalue weighted by Gasteiger charge is -2.13. The van der Waals surface area contributed by atoms with E-state index in [1.54, 1.807) is 0 Å². The van der Waals surface area contributed by atoms with E-state index >= 15 is 0 Å². The van der Waals surface area contributed by atoms with Crippen molar-refractivity contribution in [3.63, 3.8) is 0 Å². The molecule has 0 aromatic carbocycles. The molecular formula is C6H10NO7P. The number of esters is 1. The highest BCUT2D eigenvalue weighted by Crippen LogP contribution is 2.20. The number of nitrogens with two attached hydrogens (primary N) is 1. The van der Waals surface area contributed by atoms with Gasteiger partial charge in [-0.3, -0.25) is 10.1 Å². The van der Waals surface area contributed by atoms with E-state index in [1.807, 2.05) is 0 Å². The largest absolute Gasteiger partial charge is 0.505 e. The van der Waals surface area contributed by atoms with Gasteiger partial charge in [-0.05, 0) is 0 Å². The van der Waals surface area contributed by atoms with Crippen molar-refractivity contribution < 1.29 is 34.5 Å². The molecule has 0 unspecified atom stereocenters. The van der Waals surface area contributed by atoms with Crippen LogP contribution in [-0.2, 0) is 14.1 Å². The van der Waals surface area contributed by atoms with Crippen LogP contribution in [0.1, 0.15) is 0 Å². The molecule has 0 spiro atoms. The predicted molar refractivity (Wildman–Crippen MR) is 47.1 cm³/mol. The van der Waals surface area contributed by atoms with Gasteiger partial charge in [-0.25, -0.2) is 4.79 Å². The molecule has 2 atom stereocenters. The molecule has 1 rings (SSSR count). The number of hydrogen-bond donors (Lipinski definition) is 5. The Hall–Kier alpha value is -1.21. The Morgan fingerprint density at radius 2 is 2.00 bits per heavy atom. The zero-order chi connectivity index (χ0) is 12.0. The monoisotopic (exact) mass is 239 g/mol. The maximum Gasteiger partial charge on any atom is 0.377 e. The van der Waals surface area contributed by atoms with Gasteiger partial charge >= 0.3 is 5.97 Å². The summed E-state index contributed by atoms with van der Waals surface area (Å²) in [5.41, 5.74) is 4.26. The first-order valence-electron chi connectivity index (χ1n) is 3.64. The van der Waals surface area contributed by atoms with Gasteiger partial charge in [0.05, 0.1) is 6.61 Å². The molecule has 1 aliphatic rings. The Kier molecular flexibility index (Phi) is 5.80. The molecule has 0 fully saturated rings. The summed E-state index contributed by atoms with van der Waals surface area (Å²) >= 11 is 0. The maximum atomic E-state index is 10.5. The van der Waals surface area contributed by atoms with Crippen LogP contribution in [0.15, 0.2) is 11.5 Å². The predicted octanol–water partition coefficient (Wildman–Crippen LogP) is -1.26. The van der Waals surface area contributed by atoms with Gasteiger partial charge in [0.15, 0.2) is 11.9 Å². The van der Waals surface area contributed by atoms with Crippen molar-refractivity contribution >= 4 is 14.6 Å². The van der Waals surface area contributed by atoms with Crippen LogP contribution in [0.25, 0.3) is 0 Å². The van der Waals surface area contributed by atoms with E-state index in [1.165, 1.54) is 0 Å². The Balaban J connectivity index is 0.000000583. The molecule has 0 saturated heterocycles. The summed E-state index contributed by atoms with van der Waals surface area (Å²) in [6.45, 7) is -0.671. The fourth-order valence-electron chi connectivity index (χ4n) is 0.823. The normalized spacial score (nSPS) is 22.1. The Morgan fingerprint density at radius 1 is 1.53 bits per heavy atom. The Morgan fingerprint density at radius 3 is 2.27 bits per heavy atom. The number of cyclic esters (lactones) is 1. The first-order valence-corrected chi connectivity index (χ1v) is 4.52. The molecule has 0 amide bonds. The van der Waals surface area contributed by atoms with Gasteiger partial charge < -0.3 is 25.2 Å². The minimum atomic E-state index is -1.42. The van der Waals surface area contributed by atoms with Crippen LogP contribution in [0, 0.1) is 0 Å². The molecule has 8 nitrogen and oxygen atoms in total. The maximum absolute atomic E-state index is 10.5. The molecule has 0 aliphatic carbocycles. The van der Waals surface area contributed by atoms with Gasteiger partial charge in [0.1, 0.15) is 6.10 Å². The highest BCUT2D eigenvalue weighted by atomic mass is 31.1. The van der Waals surface area contributed by atoms with Crippen molar-refractivity contribution in [2.45, 2.75) is 12.2 Å². The van der Waals surface area contributed by atoms with Gasteiger partial charge in [0.2, 0.25) is 14.4 Å². The third kappa shape index (κ3) is 3.45. The standard InChI is InChI=1S/C6H8O6.H2NOP/c7-1-2(8)5-3(9)4(10)6(11)12-5;1-3-2/h2,5,7-10H,1H2;(H2,1,2)/t2-,5+;/m0./s1. The number of hydrogen-bond acceptors (Lipinski definition) is 7. The lowest BCUT2D eigenvalue weighted by atomic mass is 10.2. The molecule has 0 aromatic heterocycles. The number of aliphatic hydroxyl groups excluding tert-OH is 4. The van der Waals surface area contributed by atoms with Crippen molar-refractivity contribution in [1.82, 2.24) is 0 Å². The highest BCUT2D eigenvalue weighted by Gasteiger charge is 2.38. The van der Waals surface area contributed by atoms with Crippen LogP contribution >= 0.6 is 8.61 Å². The molecule has 6 N–H and O–H groups in total. The fraction of sp³-hybridized carbons (Fsp3) is 0.500. The van der Waals surface area contributed by atoms with Crippen LogP contribution < -0.4 is 5.50 Å². The smallest absolute Gasteiger partial charge is 0.377 e. The second kappa shape index (κ2) is 6.31. The number of aliphatic hydroxyl groups is 4. The number of carbonyl (C=O) groups is 1. The molecule has 0 saturated carbocycles. The van der Waals surface area contributed by atoms with Crippen LogP contribution in [-0.4, -0.2) is 45.2 Å². The number of carbonyl (C=O) groups excluding carboxylic acids is 1. The third-order valence-electron chi connectivity index (χ3n) is 1.48. The van der Waals surface area contributed by atoms with Crippen molar-refractivity contribution in [1.29, 1.82) is 0 Å². The fourth-order valence-corrected chi connectivity index (χ4v) is 0.823. The van der Waals surface area contributed by atoms with Gasteiger partial charge in [-0.1, -0.05) is 0 Å². The van der Waals surface area contributed by atoms with Crippen LogP contribution in [0.4, 0.5) is 0 Å². The molecule has 1 aliphatic heterocycles. The summed E-state index contributed by atoms with van der Waals surface area (Å²) in [5.74, 6) is -2.78. The minimum Gasteiger partial charge on any atom is -0.505 e. The summed E-state index contributed by atoms with van der Waals surface area (Å²) < 4.78 is 13.0. The van der Waals surface area contributed by atoms with Crippen LogP contribution in [0.3, 0.4) is 0 Å². The number of rotatable bonds is 2. The first-order chi connectivity index (χ1) is 6.99. The van der Waals surface area contributed by atoms with Gasteiger partial charge in [0, 0.05) is 0 Å². The molecule has 0 aromatic rings. The van der Waals surface area contributed by atoms with E-state index in [9.17, 15) is 4.79 Å². The molecule has 1 heterocycles. The van der Waals surface area contributed by atoms with Crippen molar-refractivity contribution in [3.05, 3.63) is 11.5 Å². The van der Waals surface area contributed by atoms with Gasteiger partial charge in [-0.15, -0.1) is 0 Å². The van der Waals surface area contributed by atoms with E-state index in [2.05, 4.69) is 10.2 Å². The quantitative estimate of drug-likeness (QED) is 0.296. The number of ether oxygens (including phenoxy) is 1. The van der Waals surface area contributed by atoms with E-state index < -0.39 is 36.3 Å². The SMILES string of the molecule is NP=O.O=C1O[C@H]([C@@H](O)CO)C(O)=C1O. The summed E-state index contributed by atoms with van der Waals surface area (Å²) in [6.07, 6.45) is -2.78. The first kappa shape index (κ1) is 13.8. The van der Waals surface area contributed by atoms with Crippen molar-refractivity contribution in [2.75, 3.05) is 6.61 Å². The van der Waals surface area contributed by atoms with Gasteiger partial charge in [0.25, 0.3) is 0 Å². The van der Waals surface area contributed by atoms with Crippen LogP contribution in [0.2, 0.25) is 0 Å². The zero-order valence-electron chi connectivity index (χ0n) is 7.40. The summed E-state index contributed by atoms with van der Waals surface area (Å²) in [4.78, 5) is 10.5. The van der Waals surface area contributed by atoms with Crippen LogP contribution in [0.5, 0.6) is 0 Å². The van der Waals surface area contributed by atoms with Crippen molar-refractivity contribution in [2.24, 2.45) is 5.50 Å². The molecule has 0 bridgehead atoms. The Bertz CT molecular complexity index is 279. The topological polar surface area (TPSA) is 150 Å². The molecule has 15 heavy (non-hydrogen) atoms.